The van der Waals surface area contributed by atoms with Crippen molar-refractivity contribution in [1.29, 1.82) is 5.26 Å². The molecule has 0 atom stereocenters. The minimum absolute atomic E-state index is 0.609. The second-order valence-electron chi connectivity index (χ2n) is 3.27. The Bertz CT molecular complexity index is 339. The topological polar surface area (TPSA) is 33.0 Å². The number of aryl methyl sites for hydroxylation is 1. The summed E-state index contributed by atoms with van der Waals surface area (Å²) in [5.41, 5.74) is 2.47. The van der Waals surface area contributed by atoms with Gasteiger partial charge in [0.1, 0.15) is 5.75 Å². The van der Waals surface area contributed by atoms with Crippen LogP contribution in [0.4, 0.5) is 0 Å². The van der Waals surface area contributed by atoms with Crippen LogP contribution in [0.1, 0.15) is 24.0 Å². The molecule has 0 saturated heterocycles. The summed E-state index contributed by atoms with van der Waals surface area (Å²) in [5.74, 6) is 0.933. The van der Waals surface area contributed by atoms with Crippen LogP contribution in [-0.4, -0.2) is 7.11 Å². The molecule has 2 heteroatoms. The molecule has 1 aromatic carbocycles. The Morgan fingerprint density at radius 3 is 2.86 bits per heavy atom. The molecule has 0 amide bonds. The maximum absolute atomic E-state index is 8.46. The molecule has 0 heterocycles. The fourth-order valence-corrected chi connectivity index (χ4v) is 1.53. The van der Waals surface area contributed by atoms with Crippen LogP contribution in [0, 0.1) is 18.3 Å². The van der Waals surface area contributed by atoms with Crippen molar-refractivity contribution in [1.82, 2.24) is 0 Å². The van der Waals surface area contributed by atoms with Gasteiger partial charge in [0.15, 0.2) is 0 Å². The van der Waals surface area contributed by atoms with Gasteiger partial charge in [-0.3, -0.25) is 0 Å². The van der Waals surface area contributed by atoms with Gasteiger partial charge in [-0.15, -0.1) is 0 Å². The number of ether oxygens (including phenoxy) is 1. The Labute approximate surface area is 85.1 Å². The van der Waals surface area contributed by atoms with Gasteiger partial charge in [0.2, 0.25) is 0 Å². The van der Waals surface area contributed by atoms with Crippen LogP contribution in [-0.2, 0) is 6.42 Å². The molecule has 0 aliphatic carbocycles. The van der Waals surface area contributed by atoms with Crippen molar-refractivity contribution in [3.63, 3.8) is 0 Å². The average Bonchev–Trinajstić information content (AvgIpc) is 2.20. The number of methoxy groups -OCH3 is 1. The summed E-state index contributed by atoms with van der Waals surface area (Å²) < 4.78 is 5.27. The smallest absolute Gasteiger partial charge is 0.122 e. The first-order valence-corrected chi connectivity index (χ1v) is 4.79. The largest absolute Gasteiger partial charge is 0.496 e. The van der Waals surface area contributed by atoms with Crippen molar-refractivity contribution < 1.29 is 4.74 Å². The van der Waals surface area contributed by atoms with E-state index >= 15 is 0 Å². The van der Waals surface area contributed by atoms with Crippen molar-refractivity contribution in [3.05, 3.63) is 29.3 Å². The minimum atomic E-state index is 0.609. The van der Waals surface area contributed by atoms with E-state index in [1.54, 1.807) is 7.11 Å². The molecular weight excluding hydrogens is 174 g/mol. The summed E-state index contributed by atoms with van der Waals surface area (Å²) in [6.45, 7) is 2.07. The van der Waals surface area contributed by atoms with Gasteiger partial charge in [0.05, 0.1) is 13.2 Å². The highest BCUT2D eigenvalue weighted by molar-refractivity contribution is 5.39. The first-order valence-electron chi connectivity index (χ1n) is 4.79. The van der Waals surface area contributed by atoms with Gasteiger partial charge in [-0.1, -0.05) is 12.1 Å². The number of nitrogens with zero attached hydrogens (tertiary/aromatic N) is 1. The molecule has 0 aliphatic heterocycles. The molecule has 2 nitrogen and oxygen atoms in total. The van der Waals surface area contributed by atoms with Gasteiger partial charge in [-0.05, 0) is 37.0 Å². The van der Waals surface area contributed by atoms with E-state index in [4.69, 9.17) is 10.00 Å². The molecule has 0 bridgehead atoms. The van der Waals surface area contributed by atoms with Crippen LogP contribution in [0.25, 0.3) is 0 Å². The highest BCUT2D eigenvalue weighted by atomic mass is 16.5. The highest BCUT2D eigenvalue weighted by Crippen LogP contribution is 2.23. The Kier molecular flexibility index (Phi) is 4.00. The van der Waals surface area contributed by atoms with Gasteiger partial charge in [0, 0.05) is 6.42 Å². The molecule has 0 aliphatic rings. The zero-order chi connectivity index (χ0) is 10.4. The lowest BCUT2D eigenvalue weighted by Gasteiger charge is -2.10. The molecule has 0 saturated carbocycles. The third kappa shape index (κ3) is 2.50. The van der Waals surface area contributed by atoms with Crippen molar-refractivity contribution in [2.75, 3.05) is 7.11 Å². The molecule has 74 valence electrons. The number of hydrogen-bond donors (Lipinski definition) is 0. The number of hydrogen-bond acceptors (Lipinski definition) is 2. The Balaban J connectivity index is 2.78. The van der Waals surface area contributed by atoms with Crippen molar-refractivity contribution >= 4 is 0 Å². The summed E-state index contributed by atoms with van der Waals surface area (Å²) in [6, 6.07) is 8.18. The van der Waals surface area contributed by atoms with Gasteiger partial charge in [-0.25, -0.2) is 0 Å². The summed E-state index contributed by atoms with van der Waals surface area (Å²) in [4.78, 5) is 0. The van der Waals surface area contributed by atoms with E-state index < -0.39 is 0 Å². The van der Waals surface area contributed by atoms with E-state index in [1.807, 2.05) is 12.1 Å². The number of unbranched alkanes of at least 4 members (excludes halogenated alkanes) is 1. The number of benzene rings is 1. The molecule has 14 heavy (non-hydrogen) atoms. The molecule has 0 aromatic heterocycles. The van der Waals surface area contributed by atoms with E-state index in [-0.39, 0.29) is 0 Å². The number of rotatable bonds is 4. The van der Waals surface area contributed by atoms with E-state index in [1.165, 1.54) is 11.1 Å². The van der Waals surface area contributed by atoms with Crippen molar-refractivity contribution in [2.24, 2.45) is 0 Å². The lowest BCUT2D eigenvalue weighted by Crippen LogP contribution is -1.95. The van der Waals surface area contributed by atoms with Gasteiger partial charge in [-0.2, -0.15) is 5.26 Å². The third-order valence-electron chi connectivity index (χ3n) is 2.30. The van der Waals surface area contributed by atoms with Crippen LogP contribution in [0.3, 0.4) is 0 Å². The van der Waals surface area contributed by atoms with Gasteiger partial charge < -0.3 is 4.74 Å². The Morgan fingerprint density at radius 2 is 2.21 bits per heavy atom. The fraction of sp³-hybridized carbons (Fsp3) is 0.417. The zero-order valence-corrected chi connectivity index (χ0v) is 8.71. The van der Waals surface area contributed by atoms with Crippen LogP contribution in [0.2, 0.25) is 0 Å². The summed E-state index contributed by atoms with van der Waals surface area (Å²) in [7, 11) is 1.68. The molecular formula is C12H15NO. The number of nitriles is 1. The van der Waals surface area contributed by atoms with E-state index in [2.05, 4.69) is 19.1 Å². The monoisotopic (exact) mass is 189 g/mol. The van der Waals surface area contributed by atoms with E-state index in [9.17, 15) is 0 Å². The van der Waals surface area contributed by atoms with Gasteiger partial charge >= 0.3 is 0 Å². The second-order valence-corrected chi connectivity index (χ2v) is 3.27. The third-order valence-corrected chi connectivity index (χ3v) is 2.30. The molecule has 0 radical (unpaired) electrons. The highest BCUT2D eigenvalue weighted by Gasteiger charge is 2.04. The predicted molar refractivity (Wildman–Crippen MR) is 56.3 cm³/mol. The standard InChI is InChI=1S/C12H15NO/c1-10-6-5-8-12(14-2)11(10)7-3-4-9-13/h5-6,8H,3-4,7H2,1-2H3. The molecule has 0 spiro atoms. The second kappa shape index (κ2) is 5.29. The van der Waals surface area contributed by atoms with Crippen molar-refractivity contribution in [2.45, 2.75) is 26.2 Å². The Morgan fingerprint density at radius 1 is 1.43 bits per heavy atom. The van der Waals surface area contributed by atoms with Crippen molar-refractivity contribution in [3.8, 4) is 11.8 Å². The summed E-state index contributed by atoms with van der Waals surface area (Å²) in [6.07, 6.45) is 2.43. The normalized spacial score (nSPS) is 9.50. The maximum Gasteiger partial charge on any atom is 0.122 e. The lowest BCUT2D eigenvalue weighted by molar-refractivity contribution is 0.408. The molecule has 1 rings (SSSR count). The molecule has 0 fully saturated rings. The fourth-order valence-electron chi connectivity index (χ4n) is 1.53. The Hall–Kier alpha value is -1.49. The van der Waals surface area contributed by atoms with Crippen LogP contribution in [0.15, 0.2) is 18.2 Å². The van der Waals surface area contributed by atoms with Crippen LogP contribution >= 0.6 is 0 Å². The zero-order valence-electron chi connectivity index (χ0n) is 8.71. The lowest BCUT2D eigenvalue weighted by atomic mass is 10.0. The average molecular weight is 189 g/mol. The SMILES string of the molecule is COc1cccc(C)c1CCCC#N. The minimum Gasteiger partial charge on any atom is -0.496 e. The quantitative estimate of drug-likeness (QED) is 0.682. The van der Waals surface area contributed by atoms with Crippen LogP contribution in [0.5, 0.6) is 5.75 Å². The van der Waals surface area contributed by atoms with E-state index in [0.717, 1.165) is 18.6 Å². The molecule has 0 N–H and O–H groups in total. The predicted octanol–water partition coefficient (Wildman–Crippen LogP) is 2.85. The summed E-state index contributed by atoms with van der Waals surface area (Å²) in [5, 5.41) is 8.46. The first-order chi connectivity index (χ1) is 6.79. The summed E-state index contributed by atoms with van der Waals surface area (Å²) >= 11 is 0. The van der Waals surface area contributed by atoms with Crippen LogP contribution < -0.4 is 4.74 Å². The first kappa shape index (κ1) is 10.6. The maximum atomic E-state index is 8.46. The van der Waals surface area contributed by atoms with Gasteiger partial charge in [0.25, 0.3) is 0 Å². The molecule has 0 unspecified atom stereocenters. The van der Waals surface area contributed by atoms with E-state index in [0.29, 0.717) is 6.42 Å². The molecule has 1 aromatic rings.